The Bertz CT molecular complexity index is 545. The standard InChI is InChI=1S/C11H7BrClN3O/c12-9-2-1-7(6-15-9)11(17)16-10-5-8(13)3-4-14-10/h1-6H,(H,14,16,17). The molecule has 86 valence electrons. The summed E-state index contributed by atoms with van der Waals surface area (Å²) < 4.78 is 0.676. The zero-order valence-electron chi connectivity index (χ0n) is 8.52. The van der Waals surface area contributed by atoms with Crippen molar-refractivity contribution in [2.75, 3.05) is 5.32 Å². The van der Waals surface area contributed by atoms with E-state index in [1.807, 2.05) is 0 Å². The highest BCUT2D eigenvalue weighted by Gasteiger charge is 2.07. The Labute approximate surface area is 111 Å². The SMILES string of the molecule is O=C(Nc1cc(Cl)ccn1)c1ccc(Br)nc1. The highest BCUT2D eigenvalue weighted by molar-refractivity contribution is 9.10. The lowest BCUT2D eigenvalue weighted by molar-refractivity contribution is 0.102. The number of halogens is 2. The summed E-state index contributed by atoms with van der Waals surface area (Å²) in [5.41, 5.74) is 0.454. The molecule has 2 rings (SSSR count). The predicted octanol–water partition coefficient (Wildman–Crippen LogP) is 3.14. The van der Waals surface area contributed by atoms with Crippen LogP contribution < -0.4 is 5.32 Å². The third-order valence-electron chi connectivity index (χ3n) is 1.95. The molecule has 2 aromatic rings. The molecule has 2 aromatic heterocycles. The van der Waals surface area contributed by atoms with Crippen LogP contribution in [0.4, 0.5) is 5.82 Å². The van der Waals surface area contributed by atoms with Crippen LogP contribution in [-0.2, 0) is 0 Å². The molecule has 0 fully saturated rings. The summed E-state index contributed by atoms with van der Waals surface area (Å²) >= 11 is 8.98. The van der Waals surface area contributed by atoms with E-state index >= 15 is 0 Å². The summed E-state index contributed by atoms with van der Waals surface area (Å²) in [6, 6.07) is 6.57. The molecule has 1 amide bonds. The number of pyridine rings is 2. The second kappa shape index (κ2) is 5.25. The summed E-state index contributed by atoms with van der Waals surface area (Å²) in [6.07, 6.45) is 3.00. The highest BCUT2D eigenvalue weighted by atomic mass is 79.9. The van der Waals surface area contributed by atoms with Crippen molar-refractivity contribution in [2.45, 2.75) is 0 Å². The van der Waals surface area contributed by atoms with Gasteiger partial charge in [-0.05, 0) is 40.2 Å². The smallest absolute Gasteiger partial charge is 0.258 e. The number of carbonyl (C=O) groups excluding carboxylic acids is 1. The number of nitrogens with one attached hydrogen (secondary N) is 1. The zero-order chi connectivity index (χ0) is 12.3. The fourth-order valence-corrected chi connectivity index (χ4v) is 1.57. The van der Waals surface area contributed by atoms with Crippen LogP contribution in [0, 0.1) is 0 Å². The molecular formula is C11H7BrClN3O. The van der Waals surface area contributed by atoms with E-state index in [9.17, 15) is 4.79 Å². The molecule has 2 heterocycles. The highest BCUT2D eigenvalue weighted by Crippen LogP contribution is 2.13. The van der Waals surface area contributed by atoms with Gasteiger partial charge in [-0.1, -0.05) is 11.6 Å². The van der Waals surface area contributed by atoms with E-state index in [4.69, 9.17) is 11.6 Å². The van der Waals surface area contributed by atoms with Gasteiger partial charge in [-0.2, -0.15) is 0 Å². The lowest BCUT2D eigenvalue weighted by Gasteiger charge is -2.04. The first-order chi connectivity index (χ1) is 8.15. The third kappa shape index (κ3) is 3.25. The summed E-state index contributed by atoms with van der Waals surface area (Å²) in [5, 5.41) is 3.15. The molecule has 0 saturated carbocycles. The minimum Gasteiger partial charge on any atom is -0.306 e. The molecule has 0 saturated heterocycles. The lowest BCUT2D eigenvalue weighted by Crippen LogP contribution is -2.13. The van der Waals surface area contributed by atoms with Crippen molar-refractivity contribution < 1.29 is 4.79 Å². The van der Waals surface area contributed by atoms with E-state index in [-0.39, 0.29) is 5.91 Å². The van der Waals surface area contributed by atoms with E-state index in [0.29, 0.717) is 21.0 Å². The summed E-state index contributed by atoms with van der Waals surface area (Å²) in [5.74, 6) is 0.130. The van der Waals surface area contributed by atoms with Crippen LogP contribution in [0.5, 0.6) is 0 Å². The van der Waals surface area contributed by atoms with Crippen molar-refractivity contribution >= 4 is 39.3 Å². The molecule has 0 bridgehead atoms. The third-order valence-corrected chi connectivity index (χ3v) is 2.66. The molecule has 0 aliphatic carbocycles. The first-order valence-corrected chi connectivity index (χ1v) is 5.87. The molecule has 0 radical (unpaired) electrons. The summed E-state index contributed by atoms with van der Waals surface area (Å²) in [4.78, 5) is 19.7. The maximum absolute atomic E-state index is 11.8. The minimum absolute atomic E-state index is 0.278. The number of nitrogens with zero attached hydrogens (tertiary/aromatic N) is 2. The van der Waals surface area contributed by atoms with Crippen molar-refractivity contribution in [2.24, 2.45) is 0 Å². The maximum Gasteiger partial charge on any atom is 0.258 e. The van der Waals surface area contributed by atoms with Crippen LogP contribution in [0.3, 0.4) is 0 Å². The van der Waals surface area contributed by atoms with Crippen molar-refractivity contribution in [3.8, 4) is 0 Å². The Hall–Kier alpha value is -1.46. The maximum atomic E-state index is 11.8. The van der Waals surface area contributed by atoms with Gasteiger partial charge in [0, 0.05) is 17.4 Å². The quantitative estimate of drug-likeness (QED) is 0.867. The minimum atomic E-state index is -0.278. The van der Waals surface area contributed by atoms with Crippen molar-refractivity contribution in [3.05, 3.63) is 51.8 Å². The summed E-state index contributed by atoms with van der Waals surface area (Å²) in [7, 11) is 0. The number of anilines is 1. The van der Waals surface area contributed by atoms with E-state index in [1.165, 1.54) is 12.4 Å². The zero-order valence-corrected chi connectivity index (χ0v) is 10.9. The van der Waals surface area contributed by atoms with Gasteiger partial charge >= 0.3 is 0 Å². The van der Waals surface area contributed by atoms with Crippen molar-refractivity contribution in [1.82, 2.24) is 9.97 Å². The van der Waals surface area contributed by atoms with Crippen LogP contribution in [-0.4, -0.2) is 15.9 Å². The average Bonchev–Trinajstić information content (AvgIpc) is 2.29. The number of hydrogen-bond acceptors (Lipinski definition) is 3. The number of aromatic nitrogens is 2. The second-order valence-electron chi connectivity index (χ2n) is 3.18. The molecule has 0 spiro atoms. The second-order valence-corrected chi connectivity index (χ2v) is 4.43. The largest absolute Gasteiger partial charge is 0.306 e. The average molecular weight is 313 g/mol. The Balaban J connectivity index is 2.14. The van der Waals surface area contributed by atoms with Gasteiger partial charge in [-0.15, -0.1) is 0 Å². The Morgan fingerprint density at radius 3 is 2.76 bits per heavy atom. The van der Waals surface area contributed by atoms with Crippen LogP contribution in [0.25, 0.3) is 0 Å². The van der Waals surface area contributed by atoms with Crippen LogP contribution in [0.1, 0.15) is 10.4 Å². The fourth-order valence-electron chi connectivity index (χ4n) is 1.17. The van der Waals surface area contributed by atoms with Gasteiger partial charge in [0.15, 0.2) is 0 Å². The normalized spacial score (nSPS) is 10.0. The van der Waals surface area contributed by atoms with E-state index in [1.54, 1.807) is 24.3 Å². The van der Waals surface area contributed by atoms with Gasteiger partial charge in [-0.25, -0.2) is 9.97 Å². The lowest BCUT2D eigenvalue weighted by atomic mass is 10.3. The van der Waals surface area contributed by atoms with Gasteiger partial charge in [-0.3, -0.25) is 4.79 Å². The van der Waals surface area contributed by atoms with Gasteiger partial charge in [0.1, 0.15) is 10.4 Å². The van der Waals surface area contributed by atoms with Gasteiger partial charge in [0.2, 0.25) is 0 Å². The van der Waals surface area contributed by atoms with Crippen molar-refractivity contribution in [1.29, 1.82) is 0 Å². The predicted molar refractivity (Wildman–Crippen MR) is 69.1 cm³/mol. The number of rotatable bonds is 2. The molecule has 0 unspecified atom stereocenters. The van der Waals surface area contributed by atoms with Crippen LogP contribution in [0.2, 0.25) is 5.02 Å². The molecule has 17 heavy (non-hydrogen) atoms. The molecule has 1 N–H and O–H groups in total. The number of carbonyl (C=O) groups is 1. The van der Waals surface area contributed by atoms with Gasteiger partial charge in [0.25, 0.3) is 5.91 Å². The molecule has 0 aliphatic rings. The van der Waals surface area contributed by atoms with Gasteiger partial charge < -0.3 is 5.32 Å². The van der Waals surface area contributed by atoms with Crippen LogP contribution >= 0.6 is 27.5 Å². The number of amides is 1. The molecular weight excluding hydrogens is 305 g/mol. The van der Waals surface area contributed by atoms with Crippen LogP contribution in [0.15, 0.2) is 41.3 Å². The van der Waals surface area contributed by atoms with Crippen molar-refractivity contribution in [3.63, 3.8) is 0 Å². The van der Waals surface area contributed by atoms with Gasteiger partial charge in [0.05, 0.1) is 5.56 Å². The molecule has 0 atom stereocenters. The molecule has 0 aliphatic heterocycles. The summed E-state index contributed by atoms with van der Waals surface area (Å²) in [6.45, 7) is 0. The Morgan fingerprint density at radius 2 is 2.12 bits per heavy atom. The van der Waals surface area contributed by atoms with E-state index in [0.717, 1.165) is 0 Å². The Kier molecular flexibility index (Phi) is 3.71. The fraction of sp³-hybridized carbons (Fsp3) is 0. The topological polar surface area (TPSA) is 54.9 Å². The first kappa shape index (κ1) is 12.0. The number of hydrogen-bond donors (Lipinski definition) is 1. The monoisotopic (exact) mass is 311 g/mol. The first-order valence-electron chi connectivity index (χ1n) is 4.69. The molecule has 0 aromatic carbocycles. The van der Waals surface area contributed by atoms with E-state index in [2.05, 4.69) is 31.2 Å². The molecule has 4 nitrogen and oxygen atoms in total. The van der Waals surface area contributed by atoms with E-state index < -0.39 is 0 Å². The Morgan fingerprint density at radius 1 is 1.29 bits per heavy atom. The molecule has 6 heteroatoms.